The van der Waals surface area contributed by atoms with Crippen LogP contribution in [0.25, 0.3) is 10.9 Å². The summed E-state index contributed by atoms with van der Waals surface area (Å²) in [5, 5.41) is 13.5. The zero-order valence-corrected chi connectivity index (χ0v) is 15.5. The van der Waals surface area contributed by atoms with Gasteiger partial charge in [-0.05, 0) is 29.3 Å². The molecule has 5 nitrogen and oxygen atoms in total. The first-order valence-electron chi connectivity index (χ1n) is 8.48. The fourth-order valence-corrected chi connectivity index (χ4v) is 3.84. The van der Waals surface area contributed by atoms with Crippen molar-refractivity contribution in [3.05, 3.63) is 76.7 Å². The van der Waals surface area contributed by atoms with Gasteiger partial charge in [-0.15, -0.1) is 10.2 Å². The number of aryl methyl sites for hydroxylation is 1. The third-order valence-corrected chi connectivity index (χ3v) is 5.15. The number of nitrogens with one attached hydrogen (secondary N) is 1. The first-order valence-corrected chi connectivity index (χ1v) is 9.30. The molecule has 7 heteroatoms. The Morgan fingerprint density at radius 2 is 1.93 bits per heavy atom. The Balaban J connectivity index is 1.43. The molecule has 0 atom stereocenters. The summed E-state index contributed by atoms with van der Waals surface area (Å²) in [6, 6.07) is 14.1. The van der Waals surface area contributed by atoms with Gasteiger partial charge in [0.25, 0.3) is 0 Å². The van der Waals surface area contributed by atoms with Gasteiger partial charge >= 0.3 is 0 Å². The molecule has 0 aliphatic rings. The number of nitrogens with zero attached hydrogens (tertiary/aromatic N) is 3. The molecule has 0 saturated heterocycles. The lowest BCUT2D eigenvalue weighted by Crippen LogP contribution is -2.14. The number of halogens is 1. The van der Waals surface area contributed by atoms with Gasteiger partial charge in [-0.3, -0.25) is 4.79 Å². The fourth-order valence-electron chi connectivity index (χ4n) is 3.06. The lowest BCUT2D eigenvalue weighted by molar-refractivity contribution is -0.115. The van der Waals surface area contributed by atoms with E-state index in [9.17, 15) is 9.18 Å². The monoisotopic (exact) mass is 380 g/mol. The number of benzene rings is 2. The van der Waals surface area contributed by atoms with Crippen molar-refractivity contribution in [1.29, 1.82) is 0 Å². The maximum Gasteiger partial charge on any atom is 0.230 e. The third kappa shape index (κ3) is 3.88. The maximum absolute atomic E-state index is 12.9. The number of hydrogen-bond donors (Lipinski definition) is 1. The van der Waals surface area contributed by atoms with Crippen LogP contribution in [0.15, 0.2) is 54.7 Å². The average Bonchev–Trinajstić information content (AvgIpc) is 3.22. The molecule has 0 unspecified atom stereocenters. The topological polar surface area (TPSA) is 59.8 Å². The first kappa shape index (κ1) is 17.4. The molecule has 0 saturated carbocycles. The molecule has 1 N–H and O–H groups in total. The summed E-state index contributed by atoms with van der Waals surface area (Å²) < 4.78 is 15.0. The van der Waals surface area contributed by atoms with E-state index in [1.165, 1.54) is 39.9 Å². The molecule has 0 bridgehead atoms. The SMILES string of the molecule is Cn1cc(Cc2nnc(NC(=O)Cc3ccc(F)cc3)s2)c2ccccc21. The van der Waals surface area contributed by atoms with E-state index in [-0.39, 0.29) is 18.1 Å². The highest BCUT2D eigenvalue weighted by molar-refractivity contribution is 7.15. The van der Waals surface area contributed by atoms with Crippen LogP contribution >= 0.6 is 11.3 Å². The molecule has 0 fully saturated rings. The van der Waals surface area contributed by atoms with Gasteiger partial charge in [-0.1, -0.05) is 41.7 Å². The minimum absolute atomic E-state index is 0.165. The van der Waals surface area contributed by atoms with E-state index in [0.29, 0.717) is 11.6 Å². The third-order valence-electron chi connectivity index (χ3n) is 4.31. The van der Waals surface area contributed by atoms with E-state index < -0.39 is 0 Å². The van der Waals surface area contributed by atoms with Crippen LogP contribution in [0, 0.1) is 5.82 Å². The standard InChI is InChI=1S/C20H17FN4OS/c1-25-12-14(16-4-2-3-5-17(16)25)11-19-23-24-20(27-19)22-18(26)10-13-6-8-15(21)9-7-13/h2-9,12H,10-11H2,1H3,(H,22,24,26). The lowest BCUT2D eigenvalue weighted by Gasteiger charge is -2.01. The van der Waals surface area contributed by atoms with Crippen LogP contribution < -0.4 is 5.32 Å². The van der Waals surface area contributed by atoms with Crippen molar-refractivity contribution < 1.29 is 9.18 Å². The Hall–Kier alpha value is -3.06. The number of fused-ring (bicyclic) bond motifs is 1. The number of carbonyl (C=O) groups excluding carboxylic acids is 1. The van der Waals surface area contributed by atoms with E-state index >= 15 is 0 Å². The van der Waals surface area contributed by atoms with Gasteiger partial charge in [-0.2, -0.15) is 0 Å². The number of para-hydroxylation sites is 1. The summed E-state index contributed by atoms with van der Waals surface area (Å²) in [4.78, 5) is 12.1. The van der Waals surface area contributed by atoms with Crippen LogP contribution in [-0.4, -0.2) is 20.7 Å². The predicted molar refractivity (Wildman–Crippen MR) is 104 cm³/mol. The van der Waals surface area contributed by atoms with Crippen molar-refractivity contribution in [1.82, 2.24) is 14.8 Å². The molecule has 0 radical (unpaired) electrons. The second-order valence-corrected chi connectivity index (χ2v) is 7.37. The normalized spacial score (nSPS) is 11.0. The molecule has 2 aromatic heterocycles. The Kier molecular flexibility index (Phi) is 4.68. The second kappa shape index (κ2) is 7.28. The first-order chi connectivity index (χ1) is 13.1. The van der Waals surface area contributed by atoms with E-state index in [2.05, 4.69) is 38.4 Å². The predicted octanol–water partition coefficient (Wildman–Crippen LogP) is 3.94. The highest BCUT2D eigenvalue weighted by Crippen LogP contribution is 2.25. The van der Waals surface area contributed by atoms with Crippen LogP contribution in [-0.2, 0) is 24.7 Å². The zero-order valence-electron chi connectivity index (χ0n) is 14.6. The summed E-state index contributed by atoms with van der Waals surface area (Å²) in [5.41, 5.74) is 3.09. The molecule has 2 heterocycles. The quantitative estimate of drug-likeness (QED) is 0.570. The number of anilines is 1. The molecular weight excluding hydrogens is 363 g/mol. The molecule has 4 rings (SSSR count). The fraction of sp³-hybridized carbons (Fsp3) is 0.150. The summed E-state index contributed by atoms with van der Waals surface area (Å²) in [6.45, 7) is 0. The second-order valence-electron chi connectivity index (χ2n) is 6.31. The summed E-state index contributed by atoms with van der Waals surface area (Å²) in [5.74, 6) is -0.518. The van der Waals surface area contributed by atoms with E-state index in [4.69, 9.17) is 0 Å². The number of aromatic nitrogens is 3. The molecule has 136 valence electrons. The largest absolute Gasteiger partial charge is 0.350 e. The molecule has 0 aliphatic carbocycles. The van der Waals surface area contributed by atoms with Crippen LogP contribution in [0.5, 0.6) is 0 Å². The number of carbonyl (C=O) groups is 1. The Labute approximate surface area is 159 Å². The minimum atomic E-state index is -0.318. The molecule has 27 heavy (non-hydrogen) atoms. The highest BCUT2D eigenvalue weighted by Gasteiger charge is 2.12. The molecule has 1 amide bonds. The summed E-state index contributed by atoms with van der Waals surface area (Å²) in [7, 11) is 2.02. The van der Waals surface area contributed by atoms with Crippen molar-refractivity contribution >= 4 is 33.3 Å². The van der Waals surface area contributed by atoms with Crippen LogP contribution in [0.2, 0.25) is 0 Å². The van der Waals surface area contributed by atoms with Crippen molar-refractivity contribution in [2.45, 2.75) is 12.8 Å². The van der Waals surface area contributed by atoms with Crippen molar-refractivity contribution in [2.75, 3.05) is 5.32 Å². The summed E-state index contributed by atoms with van der Waals surface area (Å²) >= 11 is 1.36. The number of rotatable bonds is 5. The molecule has 0 aliphatic heterocycles. The highest BCUT2D eigenvalue weighted by atomic mass is 32.1. The Bertz CT molecular complexity index is 1100. The van der Waals surface area contributed by atoms with E-state index in [0.717, 1.165) is 10.6 Å². The van der Waals surface area contributed by atoms with E-state index in [1.807, 2.05) is 19.2 Å². The van der Waals surface area contributed by atoms with Crippen molar-refractivity contribution in [3.63, 3.8) is 0 Å². The van der Waals surface area contributed by atoms with Gasteiger partial charge in [0.1, 0.15) is 10.8 Å². The van der Waals surface area contributed by atoms with Gasteiger partial charge in [0, 0.05) is 30.6 Å². The Morgan fingerprint density at radius 3 is 2.74 bits per heavy atom. The van der Waals surface area contributed by atoms with Gasteiger partial charge in [0.05, 0.1) is 6.42 Å². The van der Waals surface area contributed by atoms with Gasteiger partial charge in [0.2, 0.25) is 11.0 Å². The van der Waals surface area contributed by atoms with Crippen LogP contribution in [0.3, 0.4) is 0 Å². The van der Waals surface area contributed by atoms with E-state index in [1.54, 1.807) is 12.1 Å². The molecular formula is C20H17FN4OS. The van der Waals surface area contributed by atoms with Gasteiger partial charge in [0.15, 0.2) is 0 Å². The van der Waals surface area contributed by atoms with Gasteiger partial charge < -0.3 is 9.88 Å². The lowest BCUT2D eigenvalue weighted by atomic mass is 10.1. The average molecular weight is 380 g/mol. The van der Waals surface area contributed by atoms with Crippen LogP contribution in [0.4, 0.5) is 9.52 Å². The smallest absolute Gasteiger partial charge is 0.230 e. The minimum Gasteiger partial charge on any atom is -0.350 e. The molecule has 2 aromatic carbocycles. The Morgan fingerprint density at radius 1 is 1.15 bits per heavy atom. The number of hydrogen-bond acceptors (Lipinski definition) is 4. The zero-order chi connectivity index (χ0) is 18.8. The number of amides is 1. The van der Waals surface area contributed by atoms with Crippen molar-refractivity contribution in [2.24, 2.45) is 7.05 Å². The van der Waals surface area contributed by atoms with Crippen LogP contribution in [0.1, 0.15) is 16.1 Å². The summed E-state index contributed by atoms with van der Waals surface area (Å²) in [6.07, 6.45) is 2.92. The van der Waals surface area contributed by atoms with Crippen molar-refractivity contribution in [3.8, 4) is 0 Å². The molecule has 4 aromatic rings. The maximum atomic E-state index is 12.9. The van der Waals surface area contributed by atoms with Gasteiger partial charge in [-0.25, -0.2) is 4.39 Å². The molecule has 0 spiro atoms.